The van der Waals surface area contributed by atoms with Crippen molar-refractivity contribution in [3.05, 3.63) is 17.6 Å². The second kappa shape index (κ2) is 4.47. The molecule has 0 radical (unpaired) electrons. The van der Waals surface area contributed by atoms with Crippen molar-refractivity contribution < 1.29 is 0 Å². The molecule has 2 heterocycles. The van der Waals surface area contributed by atoms with Crippen molar-refractivity contribution in [2.24, 2.45) is 0 Å². The molecule has 2 rings (SSSR count). The van der Waals surface area contributed by atoms with Gasteiger partial charge in [0.05, 0.1) is 0 Å². The minimum atomic E-state index is 0.609. The molecule has 1 aliphatic heterocycles. The molecule has 0 amide bonds. The van der Waals surface area contributed by atoms with E-state index in [1.54, 1.807) is 0 Å². The van der Waals surface area contributed by atoms with Gasteiger partial charge in [-0.1, -0.05) is 22.9 Å². The molecule has 1 aromatic heterocycles. The molecule has 3 nitrogen and oxygen atoms in total. The molecule has 0 bridgehead atoms. The molecule has 15 heavy (non-hydrogen) atoms. The number of hydrogen-bond acceptors (Lipinski definition) is 3. The molecule has 0 aliphatic carbocycles. The predicted octanol–water partition coefficient (Wildman–Crippen LogP) is 2.32. The minimum absolute atomic E-state index is 0.609. The zero-order valence-electron chi connectivity index (χ0n) is 9.20. The Bertz CT molecular complexity index is 354. The van der Waals surface area contributed by atoms with Crippen LogP contribution >= 0.6 is 15.9 Å². The van der Waals surface area contributed by atoms with Crippen LogP contribution < -0.4 is 4.90 Å². The van der Waals surface area contributed by atoms with E-state index >= 15 is 0 Å². The zero-order chi connectivity index (χ0) is 10.8. The van der Waals surface area contributed by atoms with E-state index < -0.39 is 0 Å². The summed E-state index contributed by atoms with van der Waals surface area (Å²) in [4.78, 5) is 11.9. The Kier molecular flexibility index (Phi) is 3.24. The van der Waals surface area contributed by atoms with Gasteiger partial charge in [0.2, 0.25) is 0 Å². The molecule has 0 spiro atoms. The molecular weight excluding hydrogens is 254 g/mol. The number of hydrogen-bond donors (Lipinski definition) is 0. The van der Waals surface area contributed by atoms with Crippen LogP contribution in [0.1, 0.15) is 24.9 Å². The van der Waals surface area contributed by atoms with E-state index in [0.29, 0.717) is 4.83 Å². The lowest BCUT2D eigenvalue weighted by molar-refractivity contribution is 0.866. The van der Waals surface area contributed by atoms with Crippen molar-refractivity contribution in [3.8, 4) is 0 Å². The fraction of sp³-hybridized carbons (Fsp3) is 0.636. The van der Waals surface area contributed by atoms with Crippen molar-refractivity contribution in [2.45, 2.75) is 31.5 Å². The van der Waals surface area contributed by atoms with Gasteiger partial charge < -0.3 is 4.90 Å². The summed E-state index contributed by atoms with van der Waals surface area (Å²) in [5.41, 5.74) is 1.06. The topological polar surface area (TPSA) is 29.0 Å². The van der Waals surface area contributed by atoms with Crippen LogP contribution in [0.2, 0.25) is 0 Å². The summed E-state index contributed by atoms with van der Waals surface area (Å²) in [5, 5.41) is 0. The predicted molar refractivity (Wildman–Crippen MR) is 65.7 cm³/mol. The third kappa shape index (κ3) is 2.48. The highest BCUT2D eigenvalue weighted by Gasteiger charge is 2.21. The summed E-state index contributed by atoms with van der Waals surface area (Å²) < 4.78 is 0. The average Bonchev–Trinajstić information content (AvgIpc) is 2.64. The Labute approximate surface area is 99.0 Å². The molecular formula is C11H16BrN3. The van der Waals surface area contributed by atoms with E-state index in [1.807, 2.05) is 6.92 Å². The van der Waals surface area contributed by atoms with Crippen molar-refractivity contribution in [2.75, 3.05) is 18.0 Å². The number of aromatic nitrogens is 2. The Hall–Kier alpha value is -0.640. The second-order valence-electron chi connectivity index (χ2n) is 3.97. The van der Waals surface area contributed by atoms with Gasteiger partial charge in [0.25, 0.3) is 0 Å². The molecule has 0 saturated carbocycles. The number of aryl methyl sites for hydroxylation is 2. The number of rotatable bonds is 2. The first-order valence-corrected chi connectivity index (χ1v) is 6.34. The first kappa shape index (κ1) is 10.9. The second-order valence-corrected chi connectivity index (χ2v) is 5.26. The van der Waals surface area contributed by atoms with Crippen LogP contribution in [0.4, 0.5) is 5.82 Å². The van der Waals surface area contributed by atoms with E-state index in [-0.39, 0.29) is 0 Å². The molecule has 4 heteroatoms. The fourth-order valence-electron chi connectivity index (χ4n) is 1.86. The van der Waals surface area contributed by atoms with Crippen LogP contribution in [0, 0.1) is 6.92 Å². The molecule has 1 aliphatic rings. The van der Waals surface area contributed by atoms with Crippen LogP contribution in [0.3, 0.4) is 0 Å². The Morgan fingerprint density at radius 3 is 2.93 bits per heavy atom. The summed E-state index contributed by atoms with van der Waals surface area (Å²) in [6, 6.07) is 2.07. The van der Waals surface area contributed by atoms with Gasteiger partial charge in [-0.3, -0.25) is 0 Å². The average molecular weight is 270 g/mol. The van der Waals surface area contributed by atoms with Crippen LogP contribution in [0.5, 0.6) is 0 Å². The molecule has 1 atom stereocenters. The maximum Gasteiger partial charge on any atom is 0.132 e. The maximum atomic E-state index is 4.56. The lowest BCUT2D eigenvalue weighted by Crippen LogP contribution is -2.21. The summed E-state index contributed by atoms with van der Waals surface area (Å²) >= 11 is 3.64. The molecule has 0 aromatic carbocycles. The van der Waals surface area contributed by atoms with E-state index in [9.17, 15) is 0 Å². The van der Waals surface area contributed by atoms with Crippen molar-refractivity contribution in [1.29, 1.82) is 0 Å². The van der Waals surface area contributed by atoms with Crippen LogP contribution in [0.15, 0.2) is 6.07 Å². The summed E-state index contributed by atoms with van der Waals surface area (Å²) in [6.45, 7) is 6.27. The first-order chi connectivity index (χ1) is 7.19. The van der Waals surface area contributed by atoms with Crippen LogP contribution in [-0.4, -0.2) is 27.9 Å². The van der Waals surface area contributed by atoms with Gasteiger partial charge in [-0.05, 0) is 13.3 Å². The van der Waals surface area contributed by atoms with Gasteiger partial charge in [0.1, 0.15) is 11.6 Å². The quantitative estimate of drug-likeness (QED) is 0.772. The molecule has 1 unspecified atom stereocenters. The van der Waals surface area contributed by atoms with E-state index in [0.717, 1.165) is 36.8 Å². The van der Waals surface area contributed by atoms with Gasteiger partial charge in [-0.15, -0.1) is 0 Å². The van der Waals surface area contributed by atoms with Crippen LogP contribution in [0.25, 0.3) is 0 Å². The lowest BCUT2D eigenvalue weighted by atomic mass is 10.3. The summed E-state index contributed by atoms with van der Waals surface area (Å²) in [5.74, 6) is 2.03. The van der Waals surface area contributed by atoms with Gasteiger partial charge in [0.15, 0.2) is 0 Å². The number of nitrogens with zero attached hydrogens (tertiary/aromatic N) is 3. The Morgan fingerprint density at radius 2 is 2.33 bits per heavy atom. The maximum absolute atomic E-state index is 4.56. The SMILES string of the molecule is CCc1nc(C)cc(N2CCC(Br)C2)n1. The van der Waals surface area contributed by atoms with Gasteiger partial charge in [-0.25, -0.2) is 9.97 Å². The van der Waals surface area contributed by atoms with E-state index in [1.165, 1.54) is 6.42 Å². The normalized spacial score (nSPS) is 21.0. The third-order valence-electron chi connectivity index (χ3n) is 2.66. The minimum Gasteiger partial charge on any atom is -0.355 e. The molecule has 1 aromatic rings. The molecule has 0 N–H and O–H groups in total. The van der Waals surface area contributed by atoms with Gasteiger partial charge >= 0.3 is 0 Å². The van der Waals surface area contributed by atoms with Gasteiger partial charge in [-0.2, -0.15) is 0 Å². The Balaban J connectivity index is 2.24. The largest absolute Gasteiger partial charge is 0.355 e. The van der Waals surface area contributed by atoms with Crippen molar-refractivity contribution >= 4 is 21.7 Å². The zero-order valence-corrected chi connectivity index (χ0v) is 10.8. The van der Waals surface area contributed by atoms with Crippen molar-refractivity contribution in [3.63, 3.8) is 0 Å². The summed E-state index contributed by atoms with van der Waals surface area (Å²) in [7, 11) is 0. The molecule has 1 saturated heterocycles. The number of alkyl halides is 1. The third-order valence-corrected chi connectivity index (χ3v) is 3.41. The lowest BCUT2D eigenvalue weighted by Gasteiger charge is -2.17. The summed E-state index contributed by atoms with van der Waals surface area (Å²) in [6.07, 6.45) is 2.10. The standard InChI is InChI=1S/C11H16BrN3/c1-3-10-13-8(2)6-11(14-10)15-5-4-9(12)7-15/h6,9H,3-5,7H2,1-2H3. The molecule has 82 valence electrons. The smallest absolute Gasteiger partial charge is 0.132 e. The first-order valence-electron chi connectivity index (χ1n) is 5.42. The van der Waals surface area contributed by atoms with Crippen LogP contribution in [-0.2, 0) is 6.42 Å². The monoisotopic (exact) mass is 269 g/mol. The molecule has 1 fully saturated rings. The van der Waals surface area contributed by atoms with Crippen molar-refractivity contribution in [1.82, 2.24) is 9.97 Å². The van der Waals surface area contributed by atoms with Gasteiger partial charge in [0, 0.05) is 36.1 Å². The van der Waals surface area contributed by atoms with E-state index in [4.69, 9.17) is 0 Å². The highest BCUT2D eigenvalue weighted by Crippen LogP contribution is 2.22. The number of anilines is 1. The Morgan fingerprint density at radius 1 is 1.53 bits per heavy atom. The number of halogens is 1. The van der Waals surface area contributed by atoms with E-state index in [2.05, 4.69) is 43.8 Å². The highest BCUT2D eigenvalue weighted by molar-refractivity contribution is 9.09. The fourth-order valence-corrected chi connectivity index (χ4v) is 2.41. The highest BCUT2D eigenvalue weighted by atomic mass is 79.9.